The zero-order chi connectivity index (χ0) is 26.1. The van der Waals surface area contributed by atoms with E-state index >= 15 is 0 Å². The molecule has 0 aromatic heterocycles. The summed E-state index contributed by atoms with van der Waals surface area (Å²) in [7, 11) is 3.83. The Hall–Kier alpha value is -3.32. The van der Waals surface area contributed by atoms with E-state index in [2.05, 4.69) is 6.92 Å². The number of unbranched alkanes of at least 4 members (excludes halogenated alkanes) is 2. The Kier molecular flexibility index (Phi) is 9.94. The van der Waals surface area contributed by atoms with E-state index in [1.165, 1.54) is 0 Å². The quantitative estimate of drug-likeness (QED) is 0.182. The van der Waals surface area contributed by atoms with E-state index in [9.17, 15) is 14.7 Å². The van der Waals surface area contributed by atoms with Crippen molar-refractivity contribution >= 4 is 17.4 Å². The molecule has 1 aliphatic heterocycles. The van der Waals surface area contributed by atoms with Crippen molar-refractivity contribution in [3.8, 4) is 11.5 Å². The van der Waals surface area contributed by atoms with Crippen LogP contribution in [0.25, 0.3) is 5.76 Å². The van der Waals surface area contributed by atoms with Gasteiger partial charge in [-0.2, -0.15) is 0 Å². The number of hydrogen-bond acceptors (Lipinski definition) is 6. The number of aliphatic hydroxyl groups is 1. The van der Waals surface area contributed by atoms with Crippen LogP contribution >= 0.6 is 0 Å². The van der Waals surface area contributed by atoms with Crippen LogP contribution in [0.4, 0.5) is 0 Å². The second-order valence-corrected chi connectivity index (χ2v) is 9.30. The Morgan fingerprint density at radius 3 is 2.33 bits per heavy atom. The van der Waals surface area contributed by atoms with Crippen molar-refractivity contribution in [2.75, 3.05) is 40.4 Å². The number of Topliss-reactive ketones (excluding diaryl/α,β-unsaturated/α-hetero) is 1. The van der Waals surface area contributed by atoms with Crippen molar-refractivity contribution in [2.45, 2.75) is 45.6 Å². The maximum absolute atomic E-state index is 13.2. The van der Waals surface area contributed by atoms with Gasteiger partial charge in [0.2, 0.25) is 0 Å². The molecule has 1 aliphatic rings. The molecule has 0 bridgehead atoms. The number of carbonyl (C=O) groups is 2. The molecule has 0 aliphatic carbocycles. The first kappa shape index (κ1) is 27.3. The van der Waals surface area contributed by atoms with Gasteiger partial charge in [-0.15, -0.1) is 0 Å². The molecular weight excluding hydrogens is 456 g/mol. The smallest absolute Gasteiger partial charge is 0.295 e. The fourth-order valence-corrected chi connectivity index (χ4v) is 4.16. The maximum Gasteiger partial charge on any atom is 0.295 e. The maximum atomic E-state index is 13.2. The predicted molar refractivity (Wildman–Crippen MR) is 141 cm³/mol. The fourth-order valence-electron chi connectivity index (χ4n) is 4.16. The van der Waals surface area contributed by atoms with Crippen LogP contribution in [0.2, 0.25) is 0 Å². The average molecular weight is 495 g/mol. The summed E-state index contributed by atoms with van der Waals surface area (Å²) < 4.78 is 11.5. The fraction of sp³-hybridized carbons (Fsp3) is 0.448. The lowest BCUT2D eigenvalue weighted by molar-refractivity contribution is -0.140. The van der Waals surface area contributed by atoms with Crippen molar-refractivity contribution in [3.63, 3.8) is 0 Å². The third-order valence-corrected chi connectivity index (χ3v) is 6.12. The number of amides is 1. The van der Waals surface area contributed by atoms with Crippen LogP contribution < -0.4 is 9.47 Å². The minimum atomic E-state index is -0.695. The topological polar surface area (TPSA) is 79.3 Å². The highest BCUT2D eigenvalue weighted by Gasteiger charge is 2.45. The van der Waals surface area contributed by atoms with Gasteiger partial charge in [0.1, 0.15) is 17.3 Å². The summed E-state index contributed by atoms with van der Waals surface area (Å²) in [5.74, 6) is -0.157. The number of ketones is 1. The summed E-state index contributed by atoms with van der Waals surface area (Å²) in [5, 5.41) is 11.3. The van der Waals surface area contributed by atoms with Crippen molar-refractivity contribution in [1.29, 1.82) is 0 Å². The van der Waals surface area contributed by atoms with Crippen molar-refractivity contribution in [2.24, 2.45) is 0 Å². The minimum Gasteiger partial charge on any atom is -0.507 e. The molecule has 1 saturated heterocycles. The molecule has 1 fully saturated rings. The van der Waals surface area contributed by atoms with Crippen LogP contribution in [-0.4, -0.2) is 67.0 Å². The number of likely N-dealkylation sites (tertiary alicyclic amines) is 1. The van der Waals surface area contributed by atoms with E-state index in [4.69, 9.17) is 9.47 Å². The number of hydrogen-bond donors (Lipinski definition) is 1. The molecule has 194 valence electrons. The largest absolute Gasteiger partial charge is 0.507 e. The Balaban J connectivity index is 1.98. The molecule has 2 aromatic rings. The van der Waals surface area contributed by atoms with Gasteiger partial charge < -0.3 is 24.4 Å². The SMILES string of the molecule is CCCCCOc1ccc(C2/C(=C(\O)c3cccc(OCCC)c3)C(=O)C(=O)N2CCN(C)C)cc1. The first-order valence-electron chi connectivity index (χ1n) is 12.8. The number of ether oxygens (including phenoxy) is 2. The van der Waals surface area contributed by atoms with Gasteiger partial charge in [-0.25, -0.2) is 0 Å². The molecule has 1 atom stereocenters. The normalized spacial score (nSPS) is 17.1. The summed E-state index contributed by atoms with van der Waals surface area (Å²) in [6, 6.07) is 13.7. The highest BCUT2D eigenvalue weighted by atomic mass is 16.5. The van der Waals surface area contributed by atoms with Gasteiger partial charge in [0.05, 0.1) is 24.8 Å². The van der Waals surface area contributed by atoms with Crippen LogP contribution in [0.1, 0.15) is 56.7 Å². The van der Waals surface area contributed by atoms with Crippen LogP contribution in [0.15, 0.2) is 54.1 Å². The third-order valence-electron chi connectivity index (χ3n) is 6.12. The van der Waals surface area contributed by atoms with Gasteiger partial charge in [0, 0.05) is 18.7 Å². The van der Waals surface area contributed by atoms with E-state index < -0.39 is 17.7 Å². The lowest BCUT2D eigenvalue weighted by atomic mass is 9.95. The van der Waals surface area contributed by atoms with Gasteiger partial charge in [-0.05, 0) is 56.8 Å². The molecule has 7 heteroatoms. The van der Waals surface area contributed by atoms with Gasteiger partial charge in [0.15, 0.2) is 0 Å². The zero-order valence-corrected chi connectivity index (χ0v) is 21.8. The van der Waals surface area contributed by atoms with Crippen LogP contribution in [0.5, 0.6) is 11.5 Å². The molecule has 2 aromatic carbocycles. The first-order chi connectivity index (χ1) is 17.4. The number of aliphatic hydroxyl groups excluding tert-OH is 1. The second kappa shape index (κ2) is 13.1. The molecule has 1 unspecified atom stereocenters. The molecule has 0 radical (unpaired) electrons. The lowest BCUT2D eigenvalue weighted by Crippen LogP contribution is -2.35. The molecule has 1 heterocycles. The van der Waals surface area contributed by atoms with E-state index in [1.807, 2.05) is 50.2 Å². The van der Waals surface area contributed by atoms with E-state index in [1.54, 1.807) is 29.2 Å². The van der Waals surface area contributed by atoms with E-state index in [-0.39, 0.29) is 11.3 Å². The molecular formula is C29H38N2O5. The lowest BCUT2D eigenvalue weighted by Gasteiger charge is -2.26. The summed E-state index contributed by atoms with van der Waals surface area (Å²) in [6.45, 7) is 6.30. The Morgan fingerprint density at radius 2 is 1.67 bits per heavy atom. The average Bonchev–Trinajstić information content (AvgIpc) is 3.13. The zero-order valence-electron chi connectivity index (χ0n) is 21.8. The number of benzene rings is 2. The molecule has 3 rings (SSSR count). The summed E-state index contributed by atoms with van der Waals surface area (Å²) >= 11 is 0. The molecule has 1 N–H and O–H groups in total. The third kappa shape index (κ3) is 6.66. The van der Waals surface area contributed by atoms with Crippen molar-refractivity contribution in [1.82, 2.24) is 9.80 Å². The predicted octanol–water partition coefficient (Wildman–Crippen LogP) is 5.03. The minimum absolute atomic E-state index is 0.0861. The van der Waals surface area contributed by atoms with E-state index in [0.29, 0.717) is 37.6 Å². The monoisotopic (exact) mass is 494 g/mol. The highest BCUT2D eigenvalue weighted by molar-refractivity contribution is 6.46. The van der Waals surface area contributed by atoms with Gasteiger partial charge in [0.25, 0.3) is 11.7 Å². The van der Waals surface area contributed by atoms with Gasteiger partial charge >= 0.3 is 0 Å². The summed E-state index contributed by atoms with van der Waals surface area (Å²) in [5.41, 5.74) is 1.27. The number of nitrogens with zero attached hydrogens (tertiary/aromatic N) is 2. The number of carbonyl (C=O) groups excluding carboxylic acids is 2. The van der Waals surface area contributed by atoms with Gasteiger partial charge in [-0.1, -0.05) is 51.0 Å². The Labute approximate surface area is 214 Å². The van der Waals surface area contributed by atoms with Crippen LogP contribution in [0, 0.1) is 0 Å². The number of likely N-dealkylation sites (N-methyl/N-ethyl adjacent to an activating group) is 1. The number of rotatable bonds is 13. The Morgan fingerprint density at radius 1 is 0.944 bits per heavy atom. The van der Waals surface area contributed by atoms with Gasteiger partial charge in [-0.3, -0.25) is 9.59 Å². The summed E-state index contributed by atoms with van der Waals surface area (Å²) in [6.07, 6.45) is 4.08. The Bertz CT molecular complexity index is 1060. The van der Waals surface area contributed by atoms with Crippen molar-refractivity contribution in [3.05, 3.63) is 65.2 Å². The molecule has 1 amide bonds. The standard InChI is InChI=1S/C29H38N2O5/c1-5-7-8-19-36-23-14-12-21(13-15-23)26-25(28(33)29(34)31(26)17-16-30(3)4)27(32)22-10-9-11-24(20-22)35-18-6-2/h9-15,20,26,32H,5-8,16-19H2,1-4H3/b27-25+. The molecule has 7 nitrogen and oxygen atoms in total. The first-order valence-corrected chi connectivity index (χ1v) is 12.8. The molecule has 0 spiro atoms. The second-order valence-electron chi connectivity index (χ2n) is 9.30. The van der Waals surface area contributed by atoms with E-state index in [0.717, 1.165) is 37.0 Å². The molecule has 0 saturated carbocycles. The highest BCUT2D eigenvalue weighted by Crippen LogP contribution is 2.40. The molecule has 36 heavy (non-hydrogen) atoms. The van der Waals surface area contributed by atoms with Crippen LogP contribution in [0.3, 0.4) is 0 Å². The van der Waals surface area contributed by atoms with Crippen LogP contribution in [-0.2, 0) is 9.59 Å². The summed E-state index contributed by atoms with van der Waals surface area (Å²) in [4.78, 5) is 29.8. The van der Waals surface area contributed by atoms with Crippen molar-refractivity contribution < 1.29 is 24.2 Å².